The van der Waals surface area contributed by atoms with Gasteiger partial charge < -0.3 is 10.6 Å². The van der Waals surface area contributed by atoms with Gasteiger partial charge in [0.05, 0.1) is 16.4 Å². The van der Waals surface area contributed by atoms with Crippen molar-refractivity contribution in [3.63, 3.8) is 0 Å². The number of rotatable bonds is 9. The fourth-order valence-corrected chi connectivity index (χ4v) is 8.42. The number of carbonyl (C=O) groups excluding carboxylic acids is 2. The molecule has 4 heterocycles. The molecular formula is C33H24F6N6O2S2. The van der Waals surface area contributed by atoms with Crippen LogP contribution < -0.4 is 10.6 Å². The minimum atomic E-state index is -3.43. The standard InChI is InChI=1S/C33H24F6N6O2S2/c1-48-32-43-30-23(49-32)10-18(14-2-3-15-11-40-31(47)19(15)7-14)26(42-30)22(6-13-4-16(34)8-17(35)5-13)41-24(46)12-45-28-25(27(44-45)29(36)37)20-9-21(20)33(28,38)39/h2-5,7-8,10,20-22,29H,6,9,11-12H2,1H3,(H,40,47)(H,41,46)/t20-,21+,22?/m0/s1. The lowest BCUT2D eigenvalue weighted by molar-refractivity contribution is -0.123. The molecule has 1 fully saturated rings. The lowest BCUT2D eigenvalue weighted by Gasteiger charge is -2.23. The van der Waals surface area contributed by atoms with E-state index in [2.05, 4.69) is 20.7 Å². The highest BCUT2D eigenvalue weighted by Crippen LogP contribution is 2.68. The van der Waals surface area contributed by atoms with Gasteiger partial charge in [0.2, 0.25) is 5.91 Å². The van der Waals surface area contributed by atoms with Crippen LogP contribution in [0.4, 0.5) is 26.3 Å². The molecule has 49 heavy (non-hydrogen) atoms. The summed E-state index contributed by atoms with van der Waals surface area (Å²) in [5.41, 5.74) is 1.35. The lowest BCUT2D eigenvalue weighted by Crippen LogP contribution is -2.35. The van der Waals surface area contributed by atoms with Crippen molar-refractivity contribution in [2.24, 2.45) is 5.92 Å². The van der Waals surface area contributed by atoms with Crippen molar-refractivity contribution in [2.45, 2.75) is 54.6 Å². The average Bonchev–Trinajstić information content (AvgIpc) is 3.29. The summed E-state index contributed by atoms with van der Waals surface area (Å²) in [4.78, 5) is 35.6. The van der Waals surface area contributed by atoms with Crippen molar-refractivity contribution in [1.29, 1.82) is 0 Å². The van der Waals surface area contributed by atoms with Crippen molar-refractivity contribution in [2.75, 3.05) is 6.26 Å². The van der Waals surface area contributed by atoms with Crippen LogP contribution in [-0.4, -0.2) is 37.8 Å². The quantitative estimate of drug-likeness (QED) is 0.126. The van der Waals surface area contributed by atoms with Gasteiger partial charge in [0.1, 0.15) is 29.6 Å². The van der Waals surface area contributed by atoms with Gasteiger partial charge in [0.15, 0.2) is 9.99 Å². The minimum absolute atomic E-state index is 0.0695. The lowest BCUT2D eigenvalue weighted by atomic mass is 9.93. The molecule has 2 aromatic carbocycles. The van der Waals surface area contributed by atoms with E-state index < -0.39 is 65.7 Å². The number of aromatic nitrogens is 4. The zero-order valence-electron chi connectivity index (χ0n) is 25.4. The van der Waals surface area contributed by atoms with Crippen LogP contribution in [0.2, 0.25) is 0 Å². The number of thioether (sulfide) groups is 1. The first kappa shape index (κ1) is 31.8. The highest BCUT2D eigenvalue weighted by Gasteiger charge is 2.67. The molecule has 16 heteroatoms. The number of hydrogen-bond donors (Lipinski definition) is 2. The summed E-state index contributed by atoms with van der Waals surface area (Å²) in [7, 11) is 0. The summed E-state index contributed by atoms with van der Waals surface area (Å²) in [6.07, 6.45) is -1.39. The molecule has 0 bridgehead atoms. The number of pyridine rings is 1. The topological polar surface area (TPSA) is 102 Å². The molecule has 0 saturated heterocycles. The van der Waals surface area contributed by atoms with Gasteiger partial charge in [-0.25, -0.2) is 27.5 Å². The van der Waals surface area contributed by atoms with Crippen LogP contribution in [0.5, 0.6) is 0 Å². The Labute approximate surface area is 282 Å². The molecule has 1 aliphatic heterocycles. The average molecular weight is 715 g/mol. The summed E-state index contributed by atoms with van der Waals surface area (Å²) < 4.78 is 89.0. The Morgan fingerprint density at radius 3 is 2.61 bits per heavy atom. The molecule has 0 spiro atoms. The molecule has 8 nitrogen and oxygen atoms in total. The van der Waals surface area contributed by atoms with Crippen LogP contribution in [0.25, 0.3) is 21.5 Å². The number of fused-ring (bicyclic) bond motifs is 5. The number of nitrogens with zero attached hydrogens (tertiary/aromatic N) is 4. The van der Waals surface area contributed by atoms with E-state index in [4.69, 9.17) is 4.98 Å². The molecule has 252 valence electrons. The normalized spacial score (nSPS) is 19.1. The van der Waals surface area contributed by atoms with E-state index in [1.165, 1.54) is 23.1 Å². The Kier molecular flexibility index (Phi) is 7.51. The summed E-state index contributed by atoms with van der Waals surface area (Å²) in [6.45, 7) is -0.457. The number of alkyl halides is 4. The van der Waals surface area contributed by atoms with Crippen molar-refractivity contribution in [3.8, 4) is 11.1 Å². The number of benzene rings is 2. The van der Waals surface area contributed by atoms with E-state index >= 15 is 8.78 Å². The third-order valence-corrected chi connectivity index (χ3v) is 11.1. The van der Waals surface area contributed by atoms with Crippen molar-refractivity contribution in [1.82, 2.24) is 30.4 Å². The fraction of sp³-hybridized carbons (Fsp3) is 0.303. The van der Waals surface area contributed by atoms with E-state index in [1.54, 1.807) is 24.3 Å². The molecule has 3 atom stereocenters. The third kappa shape index (κ3) is 5.44. The van der Waals surface area contributed by atoms with Gasteiger partial charge in [-0.1, -0.05) is 23.9 Å². The zero-order valence-corrected chi connectivity index (χ0v) is 27.0. The molecule has 2 N–H and O–H groups in total. The maximum absolute atomic E-state index is 15.2. The number of nitrogens with one attached hydrogen (secondary N) is 2. The predicted molar refractivity (Wildman–Crippen MR) is 169 cm³/mol. The third-order valence-electron chi connectivity index (χ3n) is 9.16. The molecule has 2 aliphatic carbocycles. The molecular weight excluding hydrogens is 691 g/mol. The Morgan fingerprint density at radius 1 is 1.10 bits per heavy atom. The van der Waals surface area contributed by atoms with Crippen LogP contribution in [0.1, 0.15) is 68.9 Å². The van der Waals surface area contributed by atoms with Crippen LogP contribution in [0, 0.1) is 17.6 Å². The van der Waals surface area contributed by atoms with Crippen LogP contribution >= 0.6 is 23.1 Å². The fourth-order valence-electron chi connectivity index (χ4n) is 6.96. The number of amides is 2. The highest BCUT2D eigenvalue weighted by molar-refractivity contribution is 8.00. The monoisotopic (exact) mass is 714 g/mol. The Morgan fingerprint density at radius 2 is 1.88 bits per heavy atom. The van der Waals surface area contributed by atoms with Gasteiger partial charge in [0, 0.05) is 35.2 Å². The van der Waals surface area contributed by atoms with E-state index in [1.807, 2.05) is 6.26 Å². The first-order chi connectivity index (χ1) is 23.4. The Balaban J connectivity index is 1.23. The predicted octanol–water partition coefficient (Wildman–Crippen LogP) is 7.05. The second-order valence-electron chi connectivity index (χ2n) is 12.3. The molecule has 0 radical (unpaired) electrons. The first-order valence-electron chi connectivity index (χ1n) is 15.2. The highest BCUT2D eigenvalue weighted by atomic mass is 32.2. The van der Waals surface area contributed by atoms with E-state index in [9.17, 15) is 27.2 Å². The Bertz CT molecular complexity index is 2180. The van der Waals surface area contributed by atoms with Gasteiger partial charge in [-0.15, -0.1) is 11.3 Å². The Hall–Kier alpha value is -4.44. The van der Waals surface area contributed by atoms with Crippen LogP contribution in [0.3, 0.4) is 0 Å². The van der Waals surface area contributed by atoms with E-state index in [0.717, 1.165) is 17.7 Å². The number of thiazole rings is 1. The number of hydrogen-bond acceptors (Lipinski definition) is 7. The molecule has 3 aliphatic rings. The van der Waals surface area contributed by atoms with Crippen LogP contribution in [0.15, 0.2) is 46.8 Å². The number of halogens is 6. The second kappa shape index (κ2) is 11.6. The van der Waals surface area contributed by atoms with Crippen LogP contribution in [-0.2, 0) is 30.2 Å². The van der Waals surface area contributed by atoms with Gasteiger partial charge in [0.25, 0.3) is 18.3 Å². The van der Waals surface area contributed by atoms with Gasteiger partial charge >= 0.3 is 0 Å². The molecule has 5 aromatic rings. The zero-order chi connectivity index (χ0) is 34.4. The summed E-state index contributed by atoms with van der Waals surface area (Å²) >= 11 is 2.77. The molecule has 3 aromatic heterocycles. The SMILES string of the molecule is CSc1nc2nc(C(Cc3cc(F)cc(F)c3)NC(=O)Cn3nc(C(F)F)c4c3C(F)(F)[C@@H]3C[C@H]43)c(-c3ccc4c(c3)C(=O)NC4)cc2s1. The molecule has 2 amide bonds. The molecule has 1 unspecified atom stereocenters. The second-order valence-corrected chi connectivity index (χ2v) is 14.3. The van der Waals surface area contributed by atoms with Crippen molar-refractivity contribution < 1.29 is 35.9 Å². The van der Waals surface area contributed by atoms with Gasteiger partial charge in [-0.3, -0.25) is 14.3 Å². The van der Waals surface area contributed by atoms with E-state index in [-0.39, 0.29) is 35.6 Å². The summed E-state index contributed by atoms with van der Waals surface area (Å²) in [5.74, 6) is -8.13. The minimum Gasteiger partial charge on any atom is -0.348 e. The number of carbonyl (C=O) groups is 2. The summed E-state index contributed by atoms with van der Waals surface area (Å²) in [5, 5.41) is 9.28. The van der Waals surface area contributed by atoms with Crippen molar-refractivity contribution >= 4 is 45.3 Å². The van der Waals surface area contributed by atoms with Gasteiger partial charge in [-0.05, 0) is 66.0 Å². The first-order valence-corrected chi connectivity index (χ1v) is 17.2. The van der Waals surface area contributed by atoms with E-state index in [0.29, 0.717) is 48.7 Å². The maximum Gasteiger partial charge on any atom is 0.293 e. The van der Waals surface area contributed by atoms with Crippen molar-refractivity contribution in [3.05, 3.63) is 93.4 Å². The molecule has 1 saturated carbocycles. The molecule has 8 rings (SSSR count). The van der Waals surface area contributed by atoms with Gasteiger partial charge in [-0.2, -0.15) is 13.9 Å². The maximum atomic E-state index is 15.2. The smallest absolute Gasteiger partial charge is 0.293 e. The largest absolute Gasteiger partial charge is 0.348 e. The summed E-state index contributed by atoms with van der Waals surface area (Å²) in [6, 6.07) is 8.83.